The fourth-order valence-electron chi connectivity index (χ4n) is 1.02. The van der Waals surface area contributed by atoms with Gasteiger partial charge in [-0.3, -0.25) is 4.84 Å². The Labute approximate surface area is 87.8 Å². The molecule has 0 aliphatic carbocycles. The Hall–Kier alpha value is -0.620. The van der Waals surface area contributed by atoms with Crippen molar-refractivity contribution < 1.29 is 13.3 Å². The zero-order valence-electron chi connectivity index (χ0n) is 7.74. The van der Waals surface area contributed by atoms with Gasteiger partial charge in [0.05, 0.1) is 12.0 Å². The van der Waals surface area contributed by atoms with Crippen LogP contribution in [0.15, 0.2) is 23.1 Å². The fourth-order valence-corrected chi connectivity index (χ4v) is 2.34. The van der Waals surface area contributed by atoms with Crippen molar-refractivity contribution in [1.82, 2.24) is 4.89 Å². The van der Waals surface area contributed by atoms with Crippen molar-refractivity contribution in [1.29, 1.82) is 0 Å². The molecule has 0 amide bonds. The van der Waals surface area contributed by atoms with Gasteiger partial charge in [-0.25, -0.2) is 8.42 Å². The first-order chi connectivity index (χ1) is 6.47. The third-order valence-electron chi connectivity index (χ3n) is 1.63. The molecule has 0 aliphatic heterocycles. The SMILES string of the molecule is CONS(=O)(=O)c1cc(Cl)ccc1C. The van der Waals surface area contributed by atoms with E-state index in [4.69, 9.17) is 11.6 Å². The number of hydrogen-bond donors (Lipinski definition) is 1. The molecule has 1 aromatic carbocycles. The molecule has 0 aliphatic rings. The molecule has 6 heteroatoms. The first kappa shape index (κ1) is 11.5. The lowest BCUT2D eigenvalue weighted by Gasteiger charge is -2.07. The molecule has 0 unspecified atom stereocenters. The lowest BCUT2D eigenvalue weighted by molar-refractivity contribution is 0.153. The molecule has 0 aromatic heterocycles. The summed E-state index contributed by atoms with van der Waals surface area (Å²) in [6, 6.07) is 4.63. The predicted octanol–water partition coefficient (Wildman–Crippen LogP) is 1.49. The minimum atomic E-state index is -3.62. The van der Waals surface area contributed by atoms with Crippen molar-refractivity contribution in [2.75, 3.05) is 7.11 Å². The number of aryl methyl sites for hydroxylation is 1. The molecule has 0 heterocycles. The second kappa shape index (κ2) is 4.27. The Bertz CT molecular complexity index is 430. The molecular weight excluding hydrogens is 226 g/mol. The Kier molecular flexibility index (Phi) is 3.49. The first-order valence-corrected chi connectivity index (χ1v) is 5.64. The van der Waals surface area contributed by atoms with Crippen LogP contribution in [0.1, 0.15) is 5.56 Å². The second-order valence-corrected chi connectivity index (χ2v) is 4.75. The molecule has 0 fully saturated rings. The predicted molar refractivity (Wildman–Crippen MR) is 53.5 cm³/mol. The Morgan fingerprint density at radius 3 is 2.64 bits per heavy atom. The van der Waals surface area contributed by atoms with Crippen LogP contribution in [0, 0.1) is 6.92 Å². The normalized spacial score (nSPS) is 11.6. The van der Waals surface area contributed by atoms with E-state index < -0.39 is 10.0 Å². The average Bonchev–Trinajstić information content (AvgIpc) is 2.09. The molecule has 0 atom stereocenters. The summed E-state index contributed by atoms with van der Waals surface area (Å²) in [6.07, 6.45) is 0. The average molecular weight is 236 g/mol. The highest BCUT2D eigenvalue weighted by Gasteiger charge is 2.16. The quantitative estimate of drug-likeness (QED) is 0.808. The van der Waals surface area contributed by atoms with Gasteiger partial charge in [0.15, 0.2) is 0 Å². The van der Waals surface area contributed by atoms with Gasteiger partial charge in [-0.2, -0.15) is 0 Å². The van der Waals surface area contributed by atoms with Crippen LogP contribution in [0.25, 0.3) is 0 Å². The van der Waals surface area contributed by atoms with Crippen LogP contribution in [0.5, 0.6) is 0 Å². The summed E-state index contributed by atoms with van der Waals surface area (Å²) in [5, 5.41) is 0.368. The molecule has 1 N–H and O–H groups in total. The molecule has 0 saturated heterocycles. The van der Waals surface area contributed by atoms with Gasteiger partial charge in [0.1, 0.15) is 0 Å². The van der Waals surface area contributed by atoms with Gasteiger partial charge in [0.2, 0.25) is 0 Å². The smallest absolute Gasteiger partial charge is 0.262 e. The van der Waals surface area contributed by atoms with Gasteiger partial charge < -0.3 is 0 Å². The molecular formula is C8H10ClNO3S. The van der Waals surface area contributed by atoms with Crippen molar-refractivity contribution in [3.8, 4) is 0 Å². The summed E-state index contributed by atoms with van der Waals surface area (Å²) >= 11 is 5.69. The maximum atomic E-state index is 11.5. The zero-order valence-corrected chi connectivity index (χ0v) is 9.32. The van der Waals surface area contributed by atoms with E-state index in [0.717, 1.165) is 0 Å². The largest absolute Gasteiger partial charge is 0.290 e. The van der Waals surface area contributed by atoms with E-state index in [2.05, 4.69) is 4.84 Å². The van der Waals surface area contributed by atoms with Crippen molar-refractivity contribution in [2.24, 2.45) is 0 Å². The van der Waals surface area contributed by atoms with Gasteiger partial charge in [0, 0.05) is 5.02 Å². The van der Waals surface area contributed by atoms with Crippen molar-refractivity contribution in [2.45, 2.75) is 11.8 Å². The standard InChI is InChI=1S/C8H10ClNO3S/c1-6-3-4-7(9)5-8(6)14(11,12)10-13-2/h3-5,10H,1-2H3. The van der Waals surface area contributed by atoms with Gasteiger partial charge in [-0.15, -0.1) is 0 Å². The Balaban J connectivity index is 3.25. The topological polar surface area (TPSA) is 55.4 Å². The number of rotatable bonds is 3. The van der Waals surface area contributed by atoms with Gasteiger partial charge in [-0.05, 0) is 24.6 Å². The van der Waals surface area contributed by atoms with Gasteiger partial charge in [-0.1, -0.05) is 22.6 Å². The summed E-state index contributed by atoms with van der Waals surface area (Å²) < 4.78 is 23.0. The molecule has 78 valence electrons. The van der Waals surface area contributed by atoms with Crippen LogP contribution in [0.4, 0.5) is 0 Å². The first-order valence-electron chi connectivity index (χ1n) is 3.78. The lowest BCUT2D eigenvalue weighted by atomic mass is 10.2. The van der Waals surface area contributed by atoms with E-state index in [1.165, 1.54) is 13.2 Å². The highest BCUT2D eigenvalue weighted by Crippen LogP contribution is 2.19. The second-order valence-electron chi connectivity index (χ2n) is 2.70. The van der Waals surface area contributed by atoms with Crippen LogP contribution in [-0.4, -0.2) is 15.5 Å². The van der Waals surface area contributed by atoms with E-state index in [-0.39, 0.29) is 4.90 Å². The Morgan fingerprint density at radius 2 is 2.07 bits per heavy atom. The maximum absolute atomic E-state index is 11.5. The third-order valence-corrected chi connectivity index (χ3v) is 3.27. The summed E-state index contributed by atoms with van der Waals surface area (Å²) in [5.74, 6) is 0. The molecule has 1 rings (SSSR count). The van der Waals surface area contributed by atoms with Crippen LogP contribution < -0.4 is 4.89 Å². The van der Waals surface area contributed by atoms with E-state index in [1.54, 1.807) is 19.1 Å². The lowest BCUT2D eigenvalue weighted by Crippen LogP contribution is -2.23. The monoisotopic (exact) mass is 235 g/mol. The summed E-state index contributed by atoms with van der Waals surface area (Å²) in [5.41, 5.74) is 0.610. The van der Waals surface area contributed by atoms with Crippen LogP contribution in [-0.2, 0) is 14.9 Å². The van der Waals surface area contributed by atoms with Crippen LogP contribution in [0.3, 0.4) is 0 Å². The van der Waals surface area contributed by atoms with Gasteiger partial charge >= 0.3 is 0 Å². The minimum absolute atomic E-state index is 0.117. The minimum Gasteiger partial charge on any atom is -0.290 e. The molecule has 1 aromatic rings. The maximum Gasteiger partial charge on any atom is 0.262 e. The van der Waals surface area contributed by atoms with E-state index in [0.29, 0.717) is 10.6 Å². The summed E-state index contributed by atoms with van der Waals surface area (Å²) in [4.78, 5) is 6.41. The molecule has 0 radical (unpaired) electrons. The van der Waals surface area contributed by atoms with Crippen LogP contribution >= 0.6 is 11.6 Å². The van der Waals surface area contributed by atoms with E-state index >= 15 is 0 Å². The van der Waals surface area contributed by atoms with Crippen molar-refractivity contribution in [3.05, 3.63) is 28.8 Å². The molecule has 4 nitrogen and oxygen atoms in total. The molecule has 0 spiro atoms. The van der Waals surface area contributed by atoms with Crippen molar-refractivity contribution >= 4 is 21.6 Å². The highest BCUT2D eigenvalue weighted by molar-refractivity contribution is 7.89. The molecule has 0 saturated carbocycles. The highest BCUT2D eigenvalue weighted by atomic mass is 35.5. The number of hydrogen-bond acceptors (Lipinski definition) is 3. The number of sulfonamides is 1. The third kappa shape index (κ3) is 2.45. The molecule has 14 heavy (non-hydrogen) atoms. The molecule has 0 bridgehead atoms. The number of halogens is 1. The zero-order chi connectivity index (χ0) is 10.8. The van der Waals surface area contributed by atoms with Gasteiger partial charge in [0.25, 0.3) is 10.0 Å². The number of benzene rings is 1. The van der Waals surface area contributed by atoms with E-state index in [1.807, 2.05) is 4.89 Å². The van der Waals surface area contributed by atoms with E-state index in [9.17, 15) is 8.42 Å². The fraction of sp³-hybridized carbons (Fsp3) is 0.250. The summed E-state index contributed by atoms with van der Waals surface area (Å²) in [7, 11) is -2.39. The van der Waals surface area contributed by atoms with Crippen molar-refractivity contribution in [3.63, 3.8) is 0 Å². The number of nitrogens with one attached hydrogen (secondary N) is 1. The van der Waals surface area contributed by atoms with Crippen LogP contribution in [0.2, 0.25) is 5.02 Å². The Morgan fingerprint density at radius 1 is 1.43 bits per heavy atom. The summed E-state index contributed by atoms with van der Waals surface area (Å²) in [6.45, 7) is 1.68.